The molecule has 146 valence electrons. The first-order valence-corrected chi connectivity index (χ1v) is 10.5. The summed E-state index contributed by atoms with van der Waals surface area (Å²) in [6, 6.07) is 10.7. The summed E-state index contributed by atoms with van der Waals surface area (Å²) in [6.45, 7) is 6.89. The second-order valence-electron chi connectivity index (χ2n) is 7.13. The van der Waals surface area contributed by atoms with Crippen molar-refractivity contribution in [2.75, 3.05) is 26.2 Å². The van der Waals surface area contributed by atoms with Gasteiger partial charge in [-0.3, -0.25) is 4.90 Å². The Morgan fingerprint density at radius 3 is 2.78 bits per heavy atom. The molecule has 1 aromatic heterocycles. The maximum absolute atomic E-state index is 13.3. The predicted octanol–water partition coefficient (Wildman–Crippen LogP) is 4.33. The fourth-order valence-corrected chi connectivity index (χ4v) is 4.24. The number of hydrogen-bond acceptors (Lipinski definition) is 3. The van der Waals surface area contributed by atoms with Gasteiger partial charge in [-0.15, -0.1) is 11.3 Å². The van der Waals surface area contributed by atoms with E-state index < -0.39 is 0 Å². The highest BCUT2D eigenvalue weighted by Crippen LogP contribution is 2.20. The molecule has 0 atom stereocenters. The number of nitrogens with one attached hydrogen (secondary N) is 1. The Kier molecular flexibility index (Phi) is 7.24. The van der Waals surface area contributed by atoms with Crippen molar-refractivity contribution in [1.82, 2.24) is 15.1 Å². The molecule has 4 nitrogen and oxygen atoms in total. The minimum Gasteiger partial charge on any atom is -0.338 e. The molecular formula is C21H28FN3OS. The van der Waals surface area contributed by atoms with Gasteiger partial charge >= 0.3 is 6.03 Å². The van der Waals surface area contributed by atoms with Crippen LogP contribution < -0.4 is 5.32 Å². The molecule has 27 heavy (non-hydrogen) atoms. The van der Waals surface area contributed by atoms with Crippen molar-refractivity contribution in [2.24, 2.45) is 5.92 Å². The molecule has 6 heteroatoms. The molecule has 1 aliphatic rings. The van der Waals surface area contributed by atoms with Crippen LogP contribution in [0.15, 0.2) is 41.8 Å². The fourth-order valence-electron chi connectivity index (χ4n) is 3.50. The summed E-state index contributed by atoms with van der Waals surface area (Å²) in [5, 5.41) is 5.20. The number of piperidine rings is 1. The van der Waals surface area contributed by atoms with E-state index >= 15 is 0 Å². The lowest BCUT2D eigenvalue weighted by molar-refractivity contribution is 0.169. The van der Waals surface area contributed by atoms with Gasteiger partial charge in [-0.2, -0.15) is 0 Å². The summed E-state index contributed by atoms with van der Waals surface area (Å²) in [5.74, 6) is 0.264. The number of halogens is 1. The number of likely N-dealkylation sites (tertiary alicyclic amines) is 1. The van der Waals surface area contributed by atoms with E-state index in [0.29, 0.717) is 25.6 Å². The average Bonchev–Trinajstić information content (AvgIpc) is 3.18. The molecule has 2 amide bonds. The summed E-state index contributed by atoms with van der Waals surface area (Å²) in [4.78, 5) is 18.1. The van der Waals surface area contributed by atoms with Crippen LogP contribution >= 0.6 is 11.3 Å². The lowest BCUT2D eigenvalue weighted by Crippen LogP contribution is -2.43. The van der Waals surface area contributed by atoms with Gasteiger partial charge in [-0.25, -0.2) is 9.18 Å². The lowest BCUT2D eigenvalue weighted by atomic mass is 9.97. The van der Waals surface area contributed by atoms with Crippen LogP contribution in [0.1, 0.15) is 30.2 Å². The third-order valence-corrected chi connectivity index (χ3v) is 6.00. The van der Waals surface area contributed by atoms with Crippen molar-refractivity contribution >= 4 is 17.4 Å². The fraction of sp³-hybridized carbons (Fsp3) is 0.476. The van der Waals surface area contributed by atoms with Gasteiger partial charge in [-0.05, 0) is 67.9 Å². The summed E-state index contributed by atoms with van der Waals surface area (Å²) in [7, 11) is 0. The SMILES string of the molecule is CCN(Cc1cccc(F)c1)C(=O)NCC1CCN(Cc2cccs2)CC1. The van der Waals surface area contributed by atoms with Gasteiger partial charge < -0.3 is 10.2 Å². The quantitative estimate of drug-likeness (QED) is 0.765. The minimum atomic E-state index is -0.265. The summed E-state index contributed by atoms with van der Waals surface area (Å²) < 4.78 is 13.3. The topological polar surface area (TPSA) is 35.6 Å². The predicted molar refractivity (Wildman–Crippen MR) is 108 cm³/mol. The Morgan fingerprint density at radius 1 is 1.30 bits per heavy atom. The van der Waals surface area contributed by atoms with Crippen LogP contribution in [0, 0.1) is 11.7 Å². The van der Waals surface area contributed by atoms with Crippen molar-refractivity contribution in [1.29, 1.82) is 0 Å². The highest BCUT2D eigenvalue weighted by molar-refractivity contribution is 7.09. The first kappa shape index (κ1) is 19.8. The molecule has 1 fully saturated rings. The van der Waals surface area contributed by atoms with Gasteiger partial charge in [0, 0.05) is 31.1 Å². The van der Waals surface area contributed by atoms with Crippen molar-refractivity contribution in [3.05, 3.63) is 58.0 Å². The molecule has 0 saturated carbocycles. The third-order valence-electron chi connectivity index (χ3n) is 5.14. The third kappa shape index (κ3) is 6.04. The number of benzene rings is 1. The van der Waals surface area contributed by atoms with E-state index in [0.717, 1.165) is 38.0 Å². The van der Waals surface area contributed by atoms with E-state index in [-0.39, 0.29) is 11.8 Å². The maximum Gasteiger partial charge on any atom is 0.317 e. The van der Waals surface area contributed by atoms with Crippen molar-refractivity contribution in [3.8, 4) is 0 Å². The first-order valence-electron chi connectivity index (χ1n) is 9.66. The molecule has 1 saturated heterocycles. The Balaban J connectivity index is 1.40. The number of carbonyl (C=O) groups is 1. The lowest BCUT2D eigenvalue weighted by Gasteiger charge is -2.32. The number of hydrogen-bond donors (Lipinski definition) is 1. The Morgan fingerprint density at radius 2 is 2.11 bits per heavy atom. The van der Waals surface area contributed by atoms with Gasteiger partial charge in [-0.1, -0.05) is 18.2 Å². The second kappa shape index (κ2) is 9.85. The molecular weight excluding hydrogens is 361 g/mol. The van der Waals surface area contributed by atoms with Gasteiger partial charge in [0.15, 0.2) is 0 Å². The van der Waals surface area contributed by atoms with Crippen molar-refractivity contribution in [2.45, 2.75) is 32.9 Å². The van der Waals surface area contributed by atoms with E-state index in [1.807, 2.05) is 24.3 Å². The monoisotopic (exact) mass is 389 g/mol. The van der Waals surface area contributed by atoms with Gasteiger partial charge in [0.1, 0.15) is 5.82 Å². The highest BCUT2D eigenvalue weighted by atomic mass is 32.1. The van der Waals surface area contributed by atoms with Crippen LogP contribution in [0.25, 0.3) is 0 Å². The smallest absolute Gasteiger partial charge is 0.317 e. The molecule has 3 rings (SSSR count). The molecule has 0 bridgehead atoms. The molecule has 1 aromatic carbocycles. The van der Waals surface area contributed by atoms with Crippen molar-refractivity contribution < 1.29 is 9.18 Å². The van der Waals surface area contributed by atoms with Gasteiger partial charge in [0.2, 0.25) is 0 Å². The maximum atomic E-state index is 13.3. The molecule has 2 heterocycles. The largest absolute Gasteiger partial charge is 0.338 e. The van der Waals surface area contributed by atoms with E-state index in [1.165, 1.54) is 17.0 Å². The van der Waals surface area contributed by atoms with Crippen LogP contribution in [-0.2, 0) is 13.1 Å². The van der Waals surface area contributed by atoms with Crippen LogP contribution in [0.2, 0.25) is 0 Å². The summed E-state index contributed by atoms with van der Waals surface area (Å²) >= 11 is 1.81. The van der Waals surface area contributed by atoms with Crippen LogP contribution in [0.5, 0.6) is 0 Å². The molecule has 2 aromatic rings. The Hall–Kier alpha value is -1.92. The summed E-state index contributed by atoms with van der Waals surface area (Å²) in [6.07, 6.45) is 2.23. The first-order chi connectivity index (χ1) is 13.1. The molecule has 0 aliphatic carbocycles. The zero-order valence-corrected chi connectivity index (χ0v) is 16.7. The number of carbonyl (C=O) groups excluding carboxylic acids is 1. The molecule has 1 N–H and O–H groups in total. The minimum absolute atomic E-state index is 0.0669. The number of thiophene rings is 1. The normalized spacial score (nSPS) is 15.6. The van der Waals surface area contributed by atoms with Crippen molar-refractivity contribution in [3.63, 3.8) is 0 Å². The number of amides is 2. The van der Waals surface area contributed by atoms with E-state index in [2.05, 4.69) is 27.7 Å². The molecule has 0 unspecified atom stereocenters. The number of nitrogens with zero attached hydrogens (tertiary/aromatic N) is 2. The zero-order chi connectivity index (χ0) is 19.1. The van der Waals surface area contributed by atoms with Crippen LogP contribution in [0.3, 0.4) is 0 Å². The van der Waals surface area contributed by atoms with E-state index in [1.54, 1.807) is 11.0 Å². The molecule has 0 radical (unpaired) electrons. The highest BCUT2D eigenvalue weighted by Gasteiger charge is 2.21. The average molecular weight is 390 g/mol. The van der Waals surface area contributed by atoms with E-state index in [4.69, 9.17) is 0 Å². The Labute approximate surface area is 165 Å². The Bertz CT molecular complexity index is 714. The molecule has 0 spiro atoms. The van der Waals surface area contributed by atoms with E-state index in [9.17, 15) is 9.18 Å². The van der Waals surface area contributed by atoms with Crippen LogP contribution in [-0.4, -0.2) is 42.0 Å². The van der Waals surface area contributed by atoms with Gasteiger partial charge in [0.05, 0.1) is 0 Å². The van der Waals surface area contributed by atoms with Crippen LogP contribution in [0.4, 0.5) is 9.18 Å². The number of rotatable bonds is 7. The van der Waals surface area contributed by atoms with Gasteiger partial charge in [0.25, 0.3) is 0 Å². The zero-order valence-electron chi connectivity index (χ0n) is 15.9. The summed E-state index contributed by atoms with van der Waals surface area (Å²) in [5.41, 5.74) is 0.814. The number of urea groups is 1. The standard InChI is InChI=1S/C21H28FN3OS/c1-2-25(15-18-5-3-6-19(22)13-18)21(26)23-14-17-8-10-24(11-9-17)16-20-7-4-12-27-20/h3-7,12-13,17H,2,8-11,14-16H2,1H3,(H,23,26). The molecule has 1 aliphatic heterocycles. The second-order valence-corrected chi connectivity index (χ2v) is 8.16.